The Balaban J connectivity index is 2.16. The number of hydrogen-bond acceptors (Lipinski definition) is 4. The molecular formula is C11H13N3O2S. The molecule has 1 atom stereocenters. The standard InChI is InChI=1S/C11H13N3O2S/c12-10-4-1-5-11-13-8(7-14(10)11)9-3-2-6-17(9,15)16/h1,4-5,7,9H,2-3,6,12H2. The molecule has 1 fully saturated rings. The number of hydrogen-bond donors (Lipinski definition) is 1. The van der Waals surface area contributed by atoms with Gasteiger partial charge < -0.3 is 5.73 Å². The second kappa shape index (κ2) is 3.46. The molecule has 3 rings (SSSR count). The summed E-state index contributed by atoms with van der Waals surface area (Å²) in [5.41, 5.74) is 7.12. The van der Waals surface area contributed by atoms with Crippen LogP contribution >= 0.6 is 0 Å². The molecule has 1 aliphatic rings. The Morgan fingerprint density at radius 1 is 1.41 bits per heavy atom. The Hall–Kier alpha value is -1.56. The molecule has 0 amide bonds. The van der Waals surface area contributed by atoms with Crippen LogP contribution in [0.5, 0.6) is 0 Å². The predicted octanol–water partition coefficient (Wildman–Crippen LogP) is 1.17. The summed E-state index contributed by atoms with van der Waals surface area (Å²) in [6.07, 6.45) is 3.11. The Morgan fingerprint density at radius 2 is 2.24 bits per heavy atom. The number of nitrogens with two attached hydrogens (primary N) is 1. The predicted molar refractivity (Wildman–Crippen MR) is 65.4 cm³/mol. The average molecular weight is 251 g/mol. The molecule has 17 heavy (non-hydrogen) atoms. The third kappa shape index (κ3) is 1.59. The maximum Gasteiger partial charge on any atom is 0.158 e. The first kappa shape index (κ1) is 10.6. The zero-order valence-corrected chi connectivity index (χ0v) is 10.0. The molecular weight excluding hydrogens is 238 g/mol. The van der Waals surface area contributed by atoms with Crippen LogP contribution in [0.3, 0.4) is 0 Å². The highest BCUT2D eigenvalue weighted by Crippen LogP contribution is 2.34. The molecule has 90 valence electrons. The van der Waals surface area contributed by atoms with Crippen molar-refractivity contribution in [2.24, 2.45) is 0 Å². The first-order valence-electron chi connectivity index (χ1n) is 5.53. The van der Waals surface area contributed by atoms with Crippen molar-refractivity contribution in [1.82, 2.24) is 9.38 Å². The van der Waals surface area contributed by atoms with Gasteiger partial charge >= 0.3 is 0 Å². The van der Waals surface area contributed by atoms with Gasteiger partial charge in [0.1, 0.15) is 16.7 Å². The fourth-order valence-corrected chi connectivity index (χ4v) is 4.19. The Labute approximate surface area is 99.2 Å². The highest BCUT2D eigenvalue weighted by molar-refractivity contribution is 7.91. The van der Waals surface area contributed by atoms with Crippen molar-refractivity contribution >= 4 is 21.3 Å². The van der Waals surface area contributed by atoms with Gasteiger partial charge in [0, 0.05) is 6.20 Å². The zero-order valence-electron chi connectivity index (χ0n) is 9.20. The van der Waals surface area contributed by atoms with E-state index in [0.29, 0.717) is 23.6 Å². The van der Waals surface area contributed by atoms with Crippen LogP contribution in [-0.4, -0.2) is 23.6 Å². The van der Waals surface area contributed by atoms with E-state index in [1.807, 2.05) is 12.1 Å². The number of fused-ring (bicyclic) bond motifs is 1. The molecule has 2 N–H and O–H groups in total. The number of nitrogens with zero attached hydrogens (tertiary/aromatic N) is 2. The third-order valence-electron chi connectivity index (χ3n) is 3.20. The van der Waals surface area contributed by atoms with E-state index in [1.54, 1.807) is 16.7 Å². The summed E-state index contributed by atoms with van der Waals surface area (Å²) < 4.78 is 25.4. The van der Waals surface area contributed by atoms with Gasteiger partial charge in [0.25, 0.3) is 0 Å². The van der Waals surface area contributed by atoms with Crippen molar-refractivity contribution < 1.29 is 8.42 Å². The van der Waals surface area contributed by atoms with E-state index in [-0.39, 0.29) is 5.75 Å². The van der Waals surface area contributed by atoms with Crippen molar-refractivity contribution in [3.63, 3.8) is 0 Å². The van der Waals surface area contributed by atoms with Gasteiger partial charge in [-0.3, -0.25) is 4.40 Å². The quantitative estimate of drug-likeness (QED) is 0.825. The lowest BCUT2D eigenvalue weighted by Crippen LogP contribution is -2.08. The molecule has 0 bridgehead atoms. The first-order valence-corrected chi connectivity index (χ1v) is 7.24. The SMILES string of the molecule is Nc1cccc2nc(C3CCCS3(=O)=O)cn12. The van der Waals surface area contributed by atoms with Gasteiger partial charge in [-0.25, -0.2) is 13.4 Å². The van der Waals surface area contributed by atoms with E-state index < -0.39 is 15.1 Å². The second-order valence-corrected chi connectivity index (χ2v) is 6.65. The van der Waals surface area contributed by atoms with Gasteiger partial charge in [0.15, 0.2) is 9.84 Å². The molecule has 1 aliphatic heterocycles. The van der Waals surface area contributed by atoms with E-state index in [1.165, 1.54) is 0 Å². The topological polar surface area (TPSA) is 77.5 Å². The molecule has 5 nitrogen and oxygen atoms in total. The summed E-state index contributed by atoms with van der Waals surface area (Å²) >= 11 is 0. The monoisotopic (exact) mass is 251 g/mol. The smallest absolute Gasteiger partial charge is 0.158 e. The van der Waals surface area contributed by atoms with E-state index in [2.05, 4.69) is 4.98 Å². The van der Waals surface area contributed by atoms with Crippen molar-refractivity contribution in [2.45, 2.75) is 18.1 Å². The zero-order chi connectivity index (χ0) is 12.0. The van der Waals surface area contributed by atoms with Crippen LogP contribution in [0, 0.1) is 0 Å². The number of anilines is 1. The maximum atomic E-state index is 11.8. The van der Waals surface area contributed by atoms with Crippen molar-refractivity contribution in [3.8, 4) is 0 Å². The minimum absolute atomic E-state index is 0.265. The van der Waals surface area contributed by atoms with Crippen molar-refractivity contribution in [3.05, 3.63) is 30.1 Å². The number of sulfone groups is 1. The summed E-state index contributed by atoms with van der Waals surface area (Å²) in [6, 6.07) is 5.40. The number of imidazole rings is 1. The van der Waals surface area contributed by atoms with Gasteiger partial charge in [-0.05, 0) is 25.0 Å². The minimum Gasteiger partial charge on any atom is -0.385 e. The summed E-state index contributed by atoms with van der Waals surface area (Å²) in [4.78, 5) is 4.35. The molecule has 0 aromatic carbocycles. The van der Waals surface area contributed by atoms with E-state index in [4.69, 9.17) is 5.73 Å². The van der Waals surface area contributed by atoms with Crippen LogP contribution in [-0.2, 0) is 9.84 Å². The van der Waals surface area contributed by atoms with Crippen molar-refractivity contribution in [1.29, 1.82) is 0 Å². The summed E-state index contributed by atoms with van der Waals surface area (Å²) in [5.74, 6) is 0.831. The third-order valence-corrected chi connectivity index (χ3v) is 5.40. The van der Waals surface area contributed by atoms with Crippen LogP contribution in [0.15, 0.2) is 24.4 Å². The highest BCUT2D eigenvalue weighted by atomic mass is 32.2. The van der Waals surface area contributed by atoms with Crippen LogP contribution in [0.1, 0.15) is 23.8 Å². The van der Waals surface area contributed by atoms with Crippen LogP contribution in [0.2, 0.25) is 0 Å². The second-order valence-electron chi connectivity index (χ2n) is 4.34. The Bertz CT molecular complexity index is 675. The fourth-order valence-electron chi connectivity index (χ4n) is 2.33. The van der Waals surface area contributed by atoms with E-state index in [0.717, 1.165) is 6.42 Å². The lowest BCUT2D eigenvalue weighted by Gasteiger charge is -2.03. The molecule has 1 saturated heterocycles. The molecule has 1 unspecified atom stereocenters. The normalized spacial score (nSPS) is 23.2. The maximum absolute atomic E-state index is 11.8. The van der Waals surface area contributed by atoms with Crippen LogP contribution in [0.4, 0.5) is 5.82 Å². The molecule has 0 aliphatic carbocycles. The number of pyridine rings is 1. The number of nitrogen functional groups attached to an aromatic ring is 1. The fraction of sp³-hybridized carbons (Fsp3) is 0.364. The first-order chi connectivity index (χ1) is 8.08. The summed E-state index contributed by atoms with van der Waals surface area (Å²) in [5, 5.41) is -0.457. The summed E-state index contributed by atoms with van der Waals surface area (Å²) in [7, 11) is -3.02. The minimum atomic E-state index is -3.02. The number of rotatable bonds is 1. The lowest BCUT2D eigenvalue weighted by atomic mass is 10.2. The lowest BCUT2D eigenvalue weighted by molar-refractivity contribution is 0.591. The molecule has 0 spiro atoms. The van der Waals surface area contributed by atoms with Crippen LogP contribution in [0.25, 0.3) is 5.65 Å². The average Bonchev–Trinajstić information content (AvgIpc) is 2.81. The Morgan fingerprint density at radius 3 is 2.88 bits per heavy atom. The van der Waals surface area contributed by atoms with Gasteiger partial charge in [-0.2, -0.15) is 0 Å². The van der Waals surface area contributed by atoms with E-state index >= 15 is 0 Å². The molecule has 6 heteroatoms. The van der Waals surface area contributed by atoms with Gasteiger partial charge in [-0.15, -0.1) is 0 Å². The largest absolute Gasteiger partial charge is 0.385 e. The van der Waals surface area contributed by atoms with Crippen LogP contribution < -0.4 is 5.73 Å². The Kier molecular flexibility index (Phi) is 2.16. The van der Waals surface area contributed by atoms with Crippen molar-refractivity contribution in [2.75, 3.05) is 11.5 Å². The molecule has 3 heterocycles. The highest BCUT2D eigenvalue weighted by Gasteiger charge is 2.34. The number of aromatic nitrogens is 2. The molecule has 0 radical (unpaired) electrons. The summed E-state index contributed by atoms with van der Waals surface area (Å²) in [6.45, 7) is 0. The van der Waals surface area contributed by atoms with E-state index in [9.17, 15) is 8.42 Å². The molecule has 2 aromatic rings. The van der Waals surface area contributed by atoms with Gasteiger partial charge in [0.05, 0.1) is 11.4 Å². The molecule has 0 saturated carbocycles. The van der Waals surface area contributed by atoms with Gasteiger partial charge in [-0.1, -0.05) is 6.07 Å². The van der Waals surface area contributed by atoms with Gasteiger partial charge in [0.2, 0.25) is 0 Å². The molecule has 2 aromatic heterocycles.